The fraction of sp³-hybridized carbons (Fsp3) is 0.579. The van der Waals surface area contributed by atoms with Gasteiger partial charge >= 0.3 is 5.97 Å². The molecule has 1 N–H and O–H groups in total. The molecule has 132 valence electrons. The summed E-state index contributed by atoms with van der Waals surface area (Å²) in [5.41, 5.74) is 0.799. The molecule has 1 aromatic carbocycles. The number of hydrogen-bond donors (Lipinski definition) is 1. The van der Waals surface area contributed by atoms with Gasteiger partial charge in [-0.15, -0.1) is 0 Å². The van der Waals surface area contributed by atoms with E-state index in [2.05, 4.69) is 24.1 Å². The highest BCUT2D eigenvalue weighted by Gasteiger charge is 2.49. The summed E-state index contributed by atoms with van der Waals surface area (Å²) in [7, 11) is 1.36. The van der Waals surface area contributed by atoms with Gasteiger partial charge in [-0.05, 0) is 56.5 Å². The van der Waals surface area contributed by atoms with Crippen molar-refractivity contribution < 1.29 is 14.3 Å². The van der Waals surface area contributed by atoms with Crippen molar-refractivity contribution in [1.29, 1.82) is 0 Å². The third-order valence-electron chi connectivity index (χ3n) is 4.89. The first-order valence-electron chi connectivity index (χ1n) is 8.66. The zero-order valence-corrected chi connectivity index (χ0v) is 15.1. The van der Waals surface area contributed by atoms with E-state index in [-0.39, 0.29) is 17.8 Å². The summed E-state index contributed by atoms with van der Waals surface area (Å²) in [6, 6.07) is 7.58. The Bertz CT molecular complexity index is 577. The Kier molecular flexibility index (Phi) is 5.99. The lowest BCUT2D eigenvalue weighted by atomic mass is 9.95. The molecule has 2 rings (SSSR count). The van der Waals surface area contributed by atoms with Gasteiger partial charge in [0.1, 0.15) is 5.54 Å². The molecule has 0 aliphatic heterocycles. The van der Waals surface area contributed by atoms with Crippen molar-refractivity contribution in [3.63, 3.8) is 0 Å². The lowest BCUT2D eigenvalue weighted by molar-refractivity contribution is -0.148. The molecule has 5 nitrogen and oxygen atoms in total. The molecule has 1 aliphatic rings. The second-order valence-electron chi connectivity index (χ2n) is 6.58. The first-order chi connectivity index (χ1) is 11.4. The van der Waals surface area contributed by atoms with Crippen LogP contribution in [0.2, 0.25) is 0 Å². The van der Waals surface area contributed by atoms with Gasteiger partial charge in [0.2, 0.25) is 0 Å². The van der Waals surface area contributed by atoms with E-state index >= 15 is 0 Å². The van der Waals surface area contributed by atoms with Gasteiger partial charge in [-0.25, -0.2) is 4.79 Å². The Morgan fingerprint density at radius 1 is 1.21 bits per heavy atom. The van der Waals surface area contributed by atoms with Gasteiger partial charge in [-0.3, -0.25) is 9.69 Å². The highest BCUT2D eigenvalue weighted by molar-refractivity contribution is 5.98. The number of benzene rings is 1. The molecular weight excluding hydrogens is 304 g/mol. The van der Waals surface area contributed by atoms with Crippen LogP contribution in [-0.4, -0.2) is 42.5 Å². The summed E-state index contributed by atoms with van der Waals surface area (Å²) < 4.78 is 4.88. The van der Waals surface area contributed by atoms with Crippen molar-refractivity contribution in [2.24, 2.45) is 5.92 Å². The highest BCUT2D eigenvalue weighted by Crippen LogP contribution is 2.40. The summed E-state index contributed by atoms with van der Waals surface area (Å²) in [4.78, 5) is 26.9. The number of hydrogen-bond acceptors (Lipinski definition) is 4. The van der Waals surface area contributed by atoms with Crippen LogP contribution < -0.4 is 5.32 Å². The molecular formula is C19H28N2O3. The minimum Gasteiger partial charge on any atom is -0.467 e. The largest absolute Gasteiger partial charge is 0.467 e. The van der Waals surface area contributed by atoms with E-state index in [0.717, 1.165) is 32.5 Å². The van der Waals surface area contributed by atoms with Crippen molar-refractivity contribution in [3.8, 4) is 0 Å². The van der Waals surface area contributed by atoms with Gasteiger partial charge in [0, 0.05) is 12.1 Å². The Hall–Kier alpha value is -1.88. The number of carbonyl (C=O) groups is 2. The molecule has 0 radical (unpaired) electrons. The molecule has 24 heavy (non-hydrogen) atoms. The summed E-state index contributed by atoms with van der Waals surface area (Å²) in [5, 5.41) is 2.88. The van der Waals surface area contributed by atoms with Crippen LogP contribution in [0.3, 0.4) is 0 Å². The van der Waals surface area contributed by atoms with Crippen LogP contribution in [-0.2, 0) is 16.1 Å². The molecule has 1 aromatic rings. The maximum absolute atomic E-state index is 12.5. The van der Waals surface area contributed by atoms with Crippen LogP contribution in [0.25, 0.3) is 0 Å². The Morgan fingerprint density at radius 2 is 1.79 bits per heavy atom. The van der Waals surface area contributed by atoms with Crippen molar-refractivity contribution in [2.75, 3.05) is 20.2 Å². The Labute approximate surface area is 144 Å². The minimum absolute atomic E-state index is 0.163. The molecule has 0 unspecified atom stereocenters. The predicted octanol–water partition coefficient (Wildman–Crippen LogP) is 2.60. The van der Waals surface area contributed by atoms with Crippen LogP contribution in [0.4, 0.5) is 0 Å². The van der Waals surface area contributed by atoms with E-state index in [0.29, 0.717) is 5.56 Å². The number of ether oxygens (including phenoxy) is 1. The smallest absolute Gasteiger partial charge is 0.331 e. The van der Waals surface area contributed by atoms with Crippen LogP contribution in [0.1, 0.15) is 49.5 Å². The molecule has 0 bridgehead atoms. The van der Waals surface area contributed by atoms with E-state index < -0.39 is 5.54 Å². The van der Waals surface area contributed by atoms with E-state index in [4.69, 9.17) is 4.74 Å². The number of nitrogens with zero attached hydrogens (tertiary/aromatic N) is 1. The third-order valence-corrected chi connectivity index (χ3v) is 4.89. The lowest BCUT2D eigenvalue weighted by Crippen LogP contribution is -2.54. The van der Waals surface area contributed by atoms with Crippen LogP contribution in [0, 0.1) is 5.92 Å². The Morgan fingerprint density at radius 3 is 2.25 bits per heavy atom. The van der Waals surface area contributed by atoms with Gasteiger partial charge in [0.25, 0.3) is 5.91 Å². The van der Waals surface area contributed by atoms with Crippen LogP contribution in [0.5, 0.6) is 0 Å². The number of amides is 1. The van der Waals surface area contributed by atoms with E-state index in [1.54, 1.807) is 6.92 Å². The number of methoxy groups -OCH3 is 1. The van der Waals surface area contributed by atoms with Crippen molar-refractivity contribution in [2.45, 2.75) is 45.7 Å². The third kappa shape index (κ3) is 4.15. The van der Waals surface area contributed by atoms with E-state index in [1.165, 1.54) is 12.7 Å². The molecule has 0 spiro atoms. The van der Waals surface area contributed by atoms with E-state index in [1.807, 2.05) is 24.3 Å². The fourth-order valence-electron chi connectivity index (χ4n) is 2.97. The first-order valence-corrected chi connectivity index (χ1v) is 8.66. The second kappa shape index (κ2) is 7.79. The SMILES string of the molecule is CCN(CC)Cc1ccc(C(=O)N[C@](C)(C(=O)OC)C2CC2)cc1. The standard InChI is InChI=1S/C19H28N2O3/c1-5-21(6-2)13-14-7-9-15(10-8-14)17(22)20-19(3,16-11-12-16)18(23)24-4/h7-10,16H,5-6,11-13H2,1-4H3,(H,20,22)/t19-/m0/s1. The molecule has 0 aromatic heterocycles. The van der Waals surface area contributed by atoms with E-state index in [9.17, 15) is 9.59 Å². The van der Waals surface area contributed by atoms with Gasteiger partial charge in [-0.2, -0.15) is 0 Å². The van der Waals surface area contributed by atoms with Gasteiger partial charge < -0.3 is 10.1 Å². The van der Waals surface area contributed by atoms with Gasteiger partial charge in [0.05, 0.1) is 7.11 Å². The number of carbonyl (C=O) groups excluding carboxylic acids is 2. The summed E-state index contributed by atoms with van der Waals surface area (Å²) in [6.45, 7) is 8.89. The molecule has 1 fully saturated rings. The molecule has 1 atom stereocenters. The van der Waals surface area contributed by atoms with Crippen LogP contribution >= 0.6 is 0 Å². The Balaban J connectivity index is 2.05. The first kappa shape index (κ1) is 18.5. The van der Waals surface area contributed by atoms with Crippen LogP contribution in [0.15, 0.2) is 24.3 Å². The lowest BCUT2D eigenvalue weighted by Gasteiger charge is -2.28. The zero-order chi connectivity index (χ0) is 17.7. The second-order valence-corrected chi connectivity index (χ2v) is 6.58. The van der Waals surface area contributed by atoms with Crippen molar-refractivity contribution in [1.82, 2.24) is 10.2 Å². The molecule has 1 aliphatic carbocycles. The van der Waals surface area contributed by atoms with Gasteiger partial charge in [-0.1, -0.05) is 26.0 Å². The molecule has 1 amide bonds. The quantitative estimate of drug-likeness (QED) is 0.744. The maximum atomic E-state index is 12.5. The van der Waals surface area contributed by atoms with Crippen molar-refractivity contribution in [3.05, 3.63) is 35.4 Å². The minimum atomic E-state index is -0.939. The van der Waals surface area contributed by atoms with Crippen molar-refractivity contribution >= 4 is 11.9 Å². The summed E-state index contributed by atoms with van der Waals surface area (Å²) in [6.07, 6.45) is 1.88. The topological polar surface area (TPSA) is 58.6 Å². The normalized spacial score (nSPS) is 16.5. The fourth-order valence-corrected chi connectivity index (χ4v) is 2.97. The monoisotopic (exact) mass is 332 g/mol. The van der Waals surface area contributed by atoms with Gasteiger partial charge in [0.15, 0.2) is 0 Å². The highest BCUT2D eigenvalue weighted by atomic mass is 16.5. The average Bonchev–Trinajstić information content (AvgIpc) is 3.44. The average molecular weight is 332 g/mol. The number of nitrogens with one attached hydrogen (secondary N) is 1. The summed E-state index contributed by atoms with van der Waals surface area (Å²) >= 11 is 0. The maximum Gasteiger partial charge on any atom is 0.331 e. The molecule has 1 saturated carbocycles. The molecule has 0 heterocycles. The zero-order valence-electron chi connectivity index (χ0n) is 15.1. The summed E-state index contributed by atoms with van der Waals surface area (Å²) in [5.74, 6) is -0.448. The number of rotatable bonds is 8. The molecule has 5 heteroatoms. The number of esters is 1. The predicted molar refractivity (Wildman–Crippen MR) is 93.7 cm³/mol. The molecule has 0 saturated heterocycles.